The van der Waals surface area contributed by atoms with Gasteiger partial charge in [-0.1, -0.05) is 24.9 Å². The fourth-order valence-corrected chi connectivity index (χ4v) is 4.21. The highest BCUT2D eigenvalue weighted by molar-refractivity contribution is 14.0. The number of hydrogen-bond donors (Lipinski definition) is 1. The molecule has 1 unspecified atom stereocenters. The van der Waals surface area contributed by atoms with Crippen LogP contribution in [0.5, 0.6) is 0 Å². The van der Waals surface area contributed by atoms with E-state index in [-0.39, 0.29) is 24.0 Å². The zero-order valence-corrected chi connectivity index (χ0v) is 20.5. The number of nitrogens with one attached hydrogen (secondary N) is 1. The van der Waals surface area contributed by atoms with Gasteiger partial charge in [0.15, 0.2) is 5.96 Å². The number of piperazine rings is 1. The van der Waals surface area contributed by atoms with Crippen LogP contribution in [-0.4, -0.2) is 84.2 Å². The van der Waals surface area contributed by atoms with Gasteiger partial charge in [-0.05, 0) is 39.3 Å². The first-order valence-electron chi connectivity index (χ1n) is 11.2. The molecule has 7 nitrogen and oxygen atoms in total. The number of nitrogens with zero attached hydrogens (tertiary/aromatic N) is 5. The van der Waals surface area contributed by atoms with Crippen molar-refractivity contribution in [2.24, 2.45) is 4.99 Å². The van der Waals surface area contributed by atoms with Gasteiger partial charge in [-0.15, -0.1) is 24.0 Å². The van der Waals surface area contributed by atoms with Crippen molar-refractivity contribution in [3.05, 3.63) is 18.0 Å². The largest absolute Gasteiger partial charge is 0.364 e. The third-order valence-corrected chi connectivity index (χ3v) is 5.88. The van der Waals surface area contributed by atoms with Crippen LogP contribution in [0.4, 0.5) is 0 Å². The maximum Gasteiger partial charge on any atom is 0.194 e. The zero-order chi connectivity index (χ0) is 19.6. The second-order valence-electron chi connectivity index (χ2n) is 7.99. The molecule has 0 aromatic carbocycles. The molecule has 0 radical (unpaired) electrons. The SMILES string of the molecule is CCCCN1CCCCC1CN=C(NCC)N1CCN(Cc2ccon2)CC1.I. The molecular weight excluding hydrogens is 479 g/mol. The minimum atomic E-state index is 0. The molecule has 29 heavy (non-hydrogen) atoms. The third-order valence-electron chi connectivity index (χ3n) is 5.88. The number of rotatable bonds is 8. The second kappa shape index (κ2) is 13.4. The number of guanidine groups is 1. The Kier molecular flexibility index (Phi) is 11.3. The fourth-order valence-electron chi connectivity index (χ4n) is 4.21. The van der Waals surface area contributed by atoms with Gasteiger partial charge in [0.05, 0.1) is 12.2 Å². The monoisotopic (exact) mass is 518 g/mol. The lowest BCUT2D eigenvalue weighted by molar-refractivity contribution is 0.149. The van der Waals surface area contributed by atoms with Crippen molar-refractivity contribution in [1.29, 1.82) is 0 Å². The number of halogens is 1. The summed E-state index contributed by atoms with van der Waals surface area (Å²) >= 11 is 0. The van der Waals surface area contributed by atoms with Gasteiger partial charge in [-0.25, -0.2) is 0 Å². The molecule has 1 atom stereocenters. The summed E-state index contributed by atoms with van der Waals surface area (Å²) in [6.07, 6.45) is 8.20. The van der Waals surface area contributed by atoms with Gasteiger partial charge >= 0.3 is 0 Å². The number of aliphatic imine (C=N–C) groups is 1. The fraction of sp³-hybridized carbons (Fsp3) is 0.810. The first-order chi connectivity index (χ1) is 13.8. The summed E-state index contributed by atoms with van der Waals surface area (Å²) < 4.78 is 4.95. The smallest absolute Gasteiger partial charge is 0.194 e. The van der Waals surface area contributed by atoms with Crippen molar-refractivity contribution in [3.8, 4) is 0 Å². The van der Waals surface area contributed by atoms with Crippen LogP contribution in [0.2, 0.25) is 0 Å². The van der Waals surface area contributed by atoms with Gasteiger partial charge in [0.1, 0.15) is 6.26 Å². The zero-order valence-electron chi connectivity index (χ0n) is 18.2. The maximum absolute atomic E-state index is 5.06. The van der Waals surface area contributed by atoms with Crippen molar-refractivity contribution in [1.82, 2.24) is 25.2 Å². The Morgan fingerprint density at radius 1 is 1.21 bits per heavy atom. The lowest BCUT2D eigenvalue weighted by atomic mass is 10.0. The van der Waals surface area contributed by atoms with Crippen LogP contribution in [0.3, 0.4) is 0 Å². The summed E-state index contributed by atoms with van der Waals surface area (Å²) in [7, 11) is 0. The number of aromatic nitrogens is 1. The van der Waals surface area contributed by atoms with E-state index in [2.05, 4.69) is 39.0 Å². The summed E-state index contributed by atoms with van der Waals surface area (Å²) in [4.78, 5) is 12.6. The van der Waals surface area contributed by atoms with Crippen LogP contribution in [0.1, 0.15) is 51.6 Å². The highest BCUT2D eigenvalue weighted by Crippen LogP contribution is 2.18. The molecule has 1 aromatic heterocycles. The molecule has 1 N–H and O–H groups in total. The summed E-state index contributed by atoms with van der Waals surface area (Å²) in [6, 6.07) is 2.56. The Morgan fingerprint density at radius 2 is 2.03 bits per heavy atom. The molecule has 2 fully saturated rings. The summed E-state index contributed by atoms with van der Waals surface area (Å²) in [6.45, 7) is 13.7. The average molecular weight is 518 g/mol. The maximum atomic E-state index is 5.06. The molecule has 1 aromatic rings. The predicted molar refractivity (Wildman–Crippen MR) is 129 cm³/mol. The van der Waals surface area contributed by atoms with Gasteiger partial charge in [0, 0.05) is 51.4 Å². The molecule has 0 aliphatic carbocycles. The van der Waals surface area contributed by atoms with Gasteiger partial charge in [-0.3, -0.25) is 14.8 Å². The lowest BCUT2D eigenvalue weighted by Gasteiger charge is -2.37. The van der Waals surface area contributed by atoms with Crippen LogP contribution in [-0.2, 0) is 6.54 Å². The number of likely N-dealkylation sites (tertiary alicyclic amines) is 1. The molecule has 3 rings (SSSR count). The third kappa shape index (κ3) is 7.71. The van der Waals surface area contributed by atoms with E-state index in [4.69, 9.17) is 9.52 Å². The first kappa shape index (κ1) is 24.4. The Balaban J connectivity index is 0.00000300. The van der Waals surface area contributed by atoms with Gasteiger partial charge in [0.25, 0.3) is 0 Å². The minimum absolute atomic E-state index is 0. The second-order valence-corrected chi connectivity index (χ2v) is 7.99. The minimum Gasteiger partial charge on any atom is -0.364 e. The first-order valence-corrected chi connectivity index (χ1v) is 11.2. The molecule has 3 heterocycles. The van der Waals surface area contributed by atoms with Crippen LogP contribution >= 0.6 is 24.0 Å². The quantitative estimate of drug-likeness (QED) is 0.325. The molecule has 0 amide bonds. The molecule has 2 saturated heterocycles. The Morgan fingerprint density at radius 3 is 2.72 bits per heavy atom. The van der Waals surface area contributed by atoms with Gasteiger partial charge < -0.3 is 14.7 Å². The van der Waals surface area contributed by atoms with Crippen molar-refractivity contribution >= 4 is 29.9 Å². The summed E-state index contributed by atoms with van der Waals surface area (Å²) in [5.74, 6) is 1.09. The number of unbranched alkanes of at least 4 members (excludes halogenated alkanes) is 1. The Bertz CT molecular complexity index is 574. The average Bonchev–Trinajstić information content (AvgIpc) is 3.24. The van der Waals surface area contributed by atoms with Gasteiger partial charge in [-0.2, -0.15) is 0 Å². The number of piperidine rings is 1. The standard InChI is InChI=1S/C21H38N6O.HI/c1-3-5-10-26-11-7-6-8-20(26)17-23-21(22-4-2)27-14-12-25(13-15-27)18-19-9-16-28-24-19;/h9,16,20H,3-8,10-15,17-18H2,1-2H3,(H,22,23);1H. The highest BCUT2D eigenvalue weighted by atomic mass is 127. The van der Waals surface area contributed by atoms with Crippen LogP contribution in [0.15, 0.2) is 21.8 Å². The van der Waals surface area contributed by atoms with Gasteiger partial charge in [0.2, 0.25) is 0 Å². The van der Waals surface area contributed by atoms with Crippen LogP contribution in [0.25, 0.3) is 0 Å². The van der Waals surface area contributed by atoms with Crippen molar-refractivity contribution in [3.63, 3.8) is 0 Å². The molecule has 8 heteroatoms. The van der Waals surface area contributed by atoms with Crippen molar-refractivity contribution in [2.45, 2.75) is 58.5 Å². The van der Waals surface area contributed by atoms with E-state index in [9.17, 15) is 0 Å². The molecule has 2 aliphatic heterocycles. The summed E-state index contributed by atoms with van der Waals surface area (Å²) in [5.41, 5.74) is 1.01. The van der Waals surface area contributed by atoms with E-state index in [0.717, 1.165) is 57.5 Å². The number of hydrogen-bond acceptors (Lipinski definition) is 5. The van der Waals surface area contributed by atoms with E-state index in [1.807, 2.05) is 6.07 Å². The van der Waals surface area contributed by atoms with E-state index in [0.29, 0.717) is 6.04 Å². The molecule has 0 saturated carbocycles. The molecule has 2 aliphatic rings. The predicted octanol–water partition coefficient (Wildman–Crippen LogP) is 3.03. The van der Waals surface area contributed by atoms with E-state index in [1.54, 1.807) is 6.26 Å². The summed E-state index contributed by atoms with van der Waals surface area (Å²) in [5, 5.41) is 7.55. The highest BCUT2D eigenvalue weighted by Gasteiger charge is 2.23. The van der Waals surface area contributed by atoms with E-state index in [1.165, 1.54) is 45.2 Å². The molecule has 0 bridgehead atoms. The molecule has 0 spiro atoms. The topological polar surface area (TPSA) is 60.1 Å². The van der Waals surface area contributed by atoms with E-state index < -0.39 is 0 Å². The van der Waals surface area contributed by atoms with Crippen molar-refractivity contribution in [2.75, 3.05) is 52.4 Å². The van der Waals surface area contributed by atoms with Crippen LogP contribution in [0, 0.1) is 0 Å². The lowest BCUT2D eigenvalue weighted by Crippen LogP contribution is -2.52. The van der Waals surface area contributed by atoms with Crippen molar-refractivity contribution < 1.29 is 4.52 Å². The Labute approximate surface area is 193 Å². The Hall–Kier alpha value is -0.870. The molecule has 166 valence electrons. The molecular formula is C21H39IN6O. The normalized spacial score (nSPS) is 21.8. The van der Waals surface area contributed by atoms with E-state index >= 15 is 0 Å². The van der Waals surface area contributed by atoms with Crippen LogP contribution < -0.4 is 5.32 Å².